The van der Waals surface area contributed by atoms with Gasteiger partial charge < -0.3 is 0 Å². The van der Waals surface area contributed by atoms with Crippen molar-refractivity contribution >= 4 is 0 Å². The van der Waals surface area contributed by atoms with E-state index in [0.29, 0.717) is 0 Å². The van der Waals surface area contributed by atoms with Crippen LogP contribution in [0.1, 0.15) is 26.2 Å². The minimum atomic E-state index is 0.762. The van der Waals surface area contributed by atoms with Crippen LogP contribution in [0, 0.1) is 10.8 Å². The lowest BCUT2D eigenvalue weighted by Crippen LogP contribution is -2.23. The third kappa shape index (κ3) is 1.77. The third-order valence-corrected chi connectivity index (χ3v) is 2.15. The Morgan fingerprint density at radius 3 is 2.44 bits per heavy atom. The summed E-state index contributed by atoms with van der Waals surface area (Å²) in [7, 11) is 0. The second-order valence-electron chi connectivity index (χ2n) is 2.78. The zero-order valence-electron chi connectivity index (χ0n) is 5.97. The largest absolute Gasteiger partial charge is 0.192 e. The summed E-state index contributed by atoms with van der Waals surface area (Å²) in [5, 5.41) is 0. The first-order chi connectivity index (χ1) is 4.33. The van der Waals surface area contributed by atoms with E-state index in [0.717, 1.165) is 31.8 Å². The molecule has 1 aliphatic rings. The van der Waals surface area contributed by atoms with Crippen molar-refractivity contribution in [1.29, 1.82) is 0 Å². The van der Waals surface area contributed by atoms with Crippen LogP contribution in [0.3, 0.4) is 0 Å². The van der Waals surface area contributed by atoms with Crippen LogP contribution in [-0.4, -0.2) is 17.8 Å². The van der Waals surface area contributed by atoms with Crippen LogP contribution >= 0.6 is 0 Å². The van der Waals surface area contributed by atoms with Crippen LogP contribution < -0.4 is 0 Å². The predicted molar refractivity (Wildman–Crippen MR) is 36.4 cm³/mol. The van der Waals surface area contributed by atoms with Gasteiger partial charge in [-0.15, -0.1) is 0 Å². The lowest BCUT2D eigenvalue weighted by Gasteiger charge is -2.13. The molecule has 2 nitrogen and oxygen atoms in total. The van der Waals surface area contributed by atoms with Gasteiger partial charge in [0.1, 0.15) is 0 Å². The highest BCUT2D eigenvalue weighted by Crippen LogP contribution is 2.16. The van der Waals surface area contributed by atoms with Gasteiger partial charge in [-0.3, -0.25) is 0 Å². The zero-order chi connectivity index (χ0) is 6.69. The van der Waals surface area contributed by atoms with Gasteiger partial charge in [-0.05, 0) is 10.7 Å². The van der Waals surface area contributed by atoms with E-state index in [2.05, 4.69) is 6.92 Å². The fourth-order valence-electron chi connectivity index (χ4n) is 1.32. The molecule has 9 heavy (non-hydrogen) atoms. The molecular weight excluding hydrogens is 114 g/mol. The van der Waals surface area contributed by atoms with Gasteiger partial charge in [0.25, 0.3) is 0 Å². The Bertz CT molecular complexity index is 101. The number of nitrogens with zero attached hydrogens (tertiary/aromatic N) is 1. The second kappa shape index (κ2) is 2.95. The molecular formula is C7H14NO+. The highest BCUT2D eigenvalue weighted by Gasteiger charge is 2.21. The molecule has 2 heteroatoms. The molecule has 1 saturated heterocycles. The summed E-state index contributed by atoms with van der Waals surface area (Å²) < 4.78 is 1.17. The first kappa shape index (κ1) is 6.72. The SMILES string of the molecule is CCC1CC[N+](=O)CC1. The lowest BCUT2D eigenvalue weighted by atomic mass is 9.96. The fourth-order valence-corrected chi connectivity index (χ4v) is 1.32. The molecule has 0 aliphatic carbocycles. The van der Waals surface area contributed by atoms with Gasteiger partial charge in [0.15, 0.2) is 13.1 Å². The number of hydrogen-bond acceptors (Lipinski definition) is 1. The Morgan fingerprint density at radius 1 is 1.44 bits per heavy atom. The molecule has 0 unspecified atom stereocenters. The normalized spacial score (nSPS) is 22.6. The van der Waals surface area contributed by atoms with Crippen molar-refractivity contribution in [3.05, 3.63) is 4.91 Å². The number of piperidine rings is 1. The van der Waals surface area contributed by atoms with Crippen LogP contribution in [0.15, 0.2) is 0 Å². The molecule has 0 saturated carbocycles. The topological polar surface area (TPSA) is 20.1 Å². The van der Waals surface area contributed by atoms with Crippen molar-refractivity contribution < 1.29 is 4.76 Å². The molecule has 1 rings (SSSR count). The summed E-state index contributed by atoms with van der Waals surface area (Å²) in [4.78, 5) is 10.6. The molecule has 1 aliphatic heterocycles. The quantitative estimate of drug-likeness (QED) is 0.491. The van der Waals surface area contributed by atoms with Crippen molar-refractivity contribution in [3.63, 3.8) is 0 Å². The fraction of sp³-hybridized carbons (Fsp3) is 1.00. The molecule has 0 atom stereocenters. The summed E-state index contributed by atoms with van der Waals surface area (Å²) >= 11 is 0. The van der Waals surface area contributed by atoms with Crippen molar-refractivity contribution in [3.8, 4) is 0 Å². The number of hydrogen-bond donors (Lipinski definition) is 0. The van der Waals surface area contributed by atoms with E-state index in [1.807, 2.05) is 0 Å². The second-order valence-corrected chi connectivity index (χ2v) is 2.78. The summed E-state index contributed by atoms with van der Waals surface area (Å²) in [6.45, 7) is 3.72. The number of rotatable bonds is 1. The van der Waals surface area contributed by atoms with Crippen LogP contribution in [0.5, 0.6) is 0 Å². The highest BCUT2D eigenvalue weighted by atomic mass is 16.3. The zero-order valence-corrected chi connectivity index (χ0v) is 5.97. The summed E-state index contributed by atoms with van der Waals surface area (Å²) in [5.74, 6) is 0.829. The van der Waals surface area contributed by atoms with Crippen molar-refractivity contribution in [2.45, 2.75) is 26.2 Å². The van der Waals surface area contributed by atoms with Crippen LogP contribution in [0.25, 0.3) is 0 Å². The van der Waals surface area contributed by atoms with E-state index in [1.165, 1.54) is 11.2 Å². The monoisotopic (exact) mass is 128 g/mol. The van der Waals surface area contributed by atoms with E-state index in [1.54, 1.807) is 0 Å². The summed E-state index contributed by atoms with van der Waals surface area (Å²) in [5.41, 5.74) is 0. The van der Waals surface area contributed by atoms with Crippen molar-refractivity contribution in [2.75, 3.05) is 13.1 Å². The summed E-state index contributed by atoms with van der Waals surface area (Å²) in [6.07, 6.45) is 3.47. The third-order valence-electron chi connectivity index (χ3n) is 2.15. The van der Waals surface area contributed by atoms with E-state index >= 15 is 0 Å². The molecule has 1 heterocycles. The first-order valence-corrected chi connectivity index (χ1v) is 3.75. The maximum atomic E-state index is 10.6. The standard InChI is InChI=1S/C7H14NO/c1-2-7-3-5-8(9)6-4-7/h7H,2-6H2,1H3/q+1. The Kier molecular flexibility index (Phi) is 2.20. The molecule has 0 aromatic heterocycles. The van der Waals surface area contributed by atoms with Gasteiger partial charge >= 0.3 is 0 Å². The van der Waals surface area contributed by atoms with Gasteiger partial charge in [-0.2, -0.15) is 0 Å². The minimum Gasteiger partial charge on any atom is -0.0651 e. The van der Waals surface area contributed by atoms with Crippen LogP contribution in [0.2, 0.25) is 0 Å². The number of nitroso groups, excluding NO2 is 1. The van der Waals surface area contributed by atoms with E-state index in [-0.39, 0.29) is 0 Å². The first-order valence-electron chi connectivity index (χ1n) is 3.75. The highest BCUT2D eigenvalue weighted by molar-refractivity contribution is 4.58. The predicted octanol–water partition coefficient (Wildman–Crippen LogP) is 1.59. The van der Waals surface area contributed by atoms with Crippen LogP contribution in [0.4, 0.5) is 0 Å². The van der Waals surface area contributed by atoms with Gasteiger partial charge in [0.2, 0.25) is 0 Å². The Hall–Kier alpha value is -0.400. The summed E-state index contributed by atoms with van der Waals surface area (Å²) in [6, 6.07) is 0. The lowest BCUT2D eigenvalue weighted by molar-refractivity contribution is -0.561. The van der Waals surface area contributed by atoms with Crippen LogP contribution in [-0.2, 0) is 0 Å². The molecule has 0 radical (unpaired) electrons. The Balaban J connectivity index is 2.26. The maximum Gasteiger partial charge on any atom is 0.192 e. The minimum absolute atomic E-state index is 0.762. The Labute approximate surface area is 55.8 Å². The molecule has 0 N–H and O–H groups in total. The molecule has 0 aromatic carbocycles. The van der Waals surface area contributed by atoms with E-state index in [4.69, 9.17) is 0 Å². The average Bonchev–Trinajstić information content (AvgIpc) is 1.90. The molecule has 0 bridgehead atoms. The van der Waals surface area contributed by atoms with Gasteiger partial charge in [-0.1, -0.05) is 13.3 Å². The smallest absolute Gasteiger partial charge is 0.0651 e. The van der Waals surface area contributed by atoms with Crippen molar-refractivity contribution in [2.24, 2.45) is 5.92 Å². The molecule has 0 amide bonds. The van der Waals surface area contributed by atoms with E-state index < -0.39 is 0 Å². The maximum absolute atomic E-state index is 10.6. The van der Waals surface area contributed by atoms with E-state index in [9.17, 15) is 4.91 Å². The van der Waals surface area contributed by atoms with Gasteiger partial charge in [-0.25, -0.2) is 0 Å². The molecule has 0 aromatic rings. The van der Waals surface area contributed by atoms with Crippen molar-refractivity contribution in [1.82, 2.24) is 0 Å². The molecule has 1 fully saturated rings. The van der Waals surface area contributed by atoms with Gasteiger partial charge in [0, 0.05) is 17.7 Å². The molecule has 52 valence electrons. The average molecular weight is 128 g/mol. The molecule has 0 spiro atoms. The van der Waals surface area contributed by atoms with Gasteiger partial charge in [0.05, 0.1) is 0 Å². The Morgan fingerprint density at radius 2 is 2.00 bits per heavy atom.